The molecule has 0 saturated carbocycles. The van der Waals surface area contributed by atoms with Gasteiger partial charge in [-0.2, -0.15) is 10.1 Å². The normalized spacial score (nSPS) is 19.7. The zero-order valence-electron chi connectivity index (χ0n) is 14.7. The Morgan fingerprint density at radius 3 is 2.60 bits per heavy atom. The standard InChI is InChI=1S/C20H22N2O3/c1-4-17-13-20(24,16-8-10-18(25-3)11-9-16)22(21-17)19(23)15-7-5-6-14(2)12-15/h5-12,24H,4,13H2,1-3H3/t20-/m1/s1. The quantitative estimate of drug-likeness (QED) is 0.928. The molecular formula is C20H22N2O3. The van der Waals surface area contributed by atoms with Gasteiger partial charge in [0.1, 0.15) is 5.75 Å². The highest BCUT2D eigenvalue weighted by Gasteiger charge is 2.45. The van der Waals surface area contributed by atoms with E-state index in [0.717, 1.165) is 11.3 Å². The number of nitrogens with zero attached hydrogens (tertiary/aromatic N) is 2. The summed E-state index contributed by atoms with van der Waals surface area (Å²) >= 11 is 0. The van der Waals surface area contributed by atoms with E-state index >= 15 is 0 Å². The molecule has 0 saturated heterocycles. The molecule has 1 atom stereocenters. The van der Waals surface area contributed by atoms with Gasteiger partial charge in [0.15, 0.2) is 5.72 Å². The smallest absolute Gasteiger partial charge is 0.276 e. The van der Waals surface area contributed by atoms with E-state index in [0.29, 0.717) is 29.7 Å². The maximum absolute atomic E-state index is 13.0. The lowest BCUT2D eigenvalue weighted by molar-refractivity contribution is -0.0765. The summed E-state index contributed by atoms with van der Waals surface area (Å²) in [5, 5.41) is 17.0. The molecule has 3 rings (SSSR count). The average molecular weight is 338 g/mol. The van der Waals surface area contributed by atoms with Crippen LogP contribution in [0.3, 0.4) is 0 Å². The van der Waals surface area contributed by atoms with Crippen LogP contribution in [0.4, 0.5) is 0 Å². The summed E-state index contributed by atoms with van der Waals surface area (Å²) in [4.78, 5) is 13.0. The number of amides is 1. The highest BCUT2D eigenvalue weighted by Crippen LogP contribution is 2.37. The molecule has 0 aromatic heterocycles. The van der Waals surface area contributed by atoms with Crippen molar-refractivity contribution in [1.29, 1.82) is 0 Å². The maximum atomic E-state index is 13.0. The number of rotatable bonds is 4. The summed E-state index contributed by atoms with van der Waals surface area (Å²) in [6.07, 6.45) is 0.976. The fourth-order valence-electron chi connectivity index (χ4n) is 3.01. The molecule has 130 valence electrons. The largest absolute Gasteiger partial charge is 0.497 e. The van der Waals surface area contributed by atoms with Crippen molar-refractivity contribution in [3.05, 3.63) is 65.2 Å². The van der Waals surface area contributed by atoms with Crippen molar-refractivity contribution in [3.63, 3.8) is 0 Å². The van der Waals surface area contributed by atoms with E-state index in [-0.39, 0.29) is 5.91 Å². The lowest BCUT2D eigenvalue weighted by Crippen LogP contribution is -2.43. The second-order valence-corrected chi connectivity index (χ2v) is 6.23. The minimum Gasteiger partial charge on any atom is -0.497 e. The first-order valence-electron chi connectivity index (χ1n) is 8.32. The molecule has 0 bridgehead atoms. The second-order valence-electron chi connectivity index (χ2n) is 6.23. The Kier molecular flexibility index (Phi) is 4.59. The fraction of sp³-hybridized carbons (Fsp3) is 0.300. The number of benzene rings is 2. The Morgan fingerprint density at radius 1 is 1.28 bits per heavy atom. The van der Waals surface area contributed by atoms with Crippen LogP contribution in [0.15, 0.2) is 53.6 Å². The van der Waals surface area contributed by atoms with Gasteiger partial charge in [0.25, 0.3) is 5.91 Å². The molecule has 0 radical (unpaired) electrons. The van der Waals surface area contributed by atoms with Crippen LogP contribution in [-0.4, -0.2) is 28.8 Å². The number of aliphatic hydroxyl groups is 1. The molecule has 0 fully saturated rings. The first kappa shape index (κ1) is 17.2. The first-order valence-corrected chi connectivity index (χ1v) is 8.32. The molecule has 2 aromatic carbocycles. The van der Waals surface area contributed by atoms with Crippen molar-refractivity contribution >= 4 is 11.6 Å². The molecule has 5 heteroatoms. The highest BCUT2D eigenvalue weighted by atomic mass is 16.5. The van der Waals surface area contributed by atoms with E-state index in [1.54, 1.807) is 43.5 Å². The first-order chi connectivity index (χ1) is 12.0. The number of carbonyl (C=O) groups excluding carboxylic acids is 1. The zero-order valence-corrected chi connectivity index (χ0v) is 14.7. The van der Waals surface area contributed by atoms with Crippen molar-refractivity contribution in [1.82, 2.24) is 5.01 Å². The molecule has 1 aliphatic rings. The second kappa shape index (κ2) is 6.69. The van der Waals surface area contributed by atoms with Crippen molar-refractivity contribution in [2.45, 2.75) is 32.4 Å². The maximum Gasteiger partial charge on any atom is 0.276 e. The van der Waals surface area contributed by atoms with Gasteiger partial charge in [-0.3, -0.25) is 4.79 Å². The predicted molar refractivity (Wildman–Crippen MR) is 96.6 cm³/mol. The van der Waals surface area contributed by atoms with Gasteiger partial charge in [0.05, 0.1) is 7.11 Å². The van der Waals surface area contributed by atoms with E-state index in [1.807, 2.05) is 26.0 Å². The van der Waals surface area contributed by atoms with E-state index in [1.165, 1.54) is 5.01 Å². The highest BCUT2D eigenvalue weighted by molar-refractivity contribution is 5.98. The Balaban J connectivity index is 2.01. The molecule has 1 heterocycles. The van der Waals surface area contributed by atoms with Crippen molar-refractivity contribution in [3.8, 4) is 5.75 Å². The van der Waals surface area contributed by atoms with Crippen LogP contribution in [0, 0.1) is 6.92 Å². The number of carbonyl (C=O) groups is 1. The van der Waals surface area contributed by atoms with Gasteiger partial charge in [0.2, 0.25) is 0 Å². The Labute approximate surface area is 147 Å². The van der Waals surface area contributed by atoms with Crippen LogP contribution in [0.5, 0.6) is 5.75 Å². The van der Waals surface area contributed by atoms with Gasteiger partial charge in [-0.1, -0.05) is 36.8 Å². The number of methoxy groups -OCH3 is 1. The number of hydrazone groups is 1. The van der Waals surface area contributed by atoms with Crippen LogP contribution in [0.25, 0.3) is 0 Å². The number of hydrogen-bond donors (Lipinski definition) is 1. The lowest BCUT2D eigenvalue weighted by atomic mass is 9.96. The molecular weight excluding hydrogens is 316 g/mol. The molecule has 1 aliphatic heterocycles. The van der Waals surface area contributed by atoms with Gasteiger partial charge < -0.3 is 9.84 Å². The summed E-state index contributed by atoms with van der Waals surface area (Å²) in [7, 11) is 1.59. The van der Waals surface area contributed by atoms with Crippen LogP contribution in [0.1, 0.15) is 41.3 Å². The van der Waals surface area contributed by atoms with Crippen LogP contribution >= 0.6 is 0 Å². The molecule has 2 aromatic rings. The van der Waals surface area contributed by atoms with Gasteiger partial charge in [-0.15, -0.1) is 0 Å². The molecule has 1 amide bonds. The summed E-state index contributed by atoms with van der Waals surface area (Å²) in [5.41, 5.74) is 1.41. The van der Waals surface area contributed by atoms with Gasteiger partial charge in [-0.25, -0.2) is 0 Å². The van der Waals surface area contributed by atoms with Crippen molar-refractivity contribution in [2.24, 2.45) is 5.10 Å². The Bertz CT molecular complexity index is 814. The minimum atomic E-state index is -1.49. The number of hydrogen-bond acceptors (Lipinski definition) is 4. The van der Waals surface area contributed by atoms with Gasteiger partial charge >= 0.3 is 0 Å². The summed E-state index contributed by atoms with van der Waals surface area (Å²) < 4.78 is 5.17. The Hall–Kier alpha value is -2.66. The topological polar surface area (TPSA) is 62.1 Å². The monoisotopic (exact) mass is 338 g/mol. The summed E-state index contributed by atoms with van der Waals surface area (Å²) in [6, 6.07) is 14.4. The van der Waals surface area contributed by atoms with Crippen LogP contribution in [-0.2, 0) is 5.72 Å². The van der Waals surface area contributed by atoms with Crippen molar-refractivity contribution in [2.75, 3.05) is 7.11 Å². The molecule has 1 N–H and O–H groups in total. The average Bonchev–Trinajstić information content (AvgIpc) is 2.99. The number of aryl methyl sites for hydroxylation is 1. The lowest BCUT2D eigenvalue weighted by Gasteiger charge is -2.31. The summed E-state index contributed by atoms with van der Waals surface area (Å²) in [5.74, 6) is 0.379. The summed E-state index contributed by atoms with van der Waals surface area (Å²) in [6.45, 7) is 3.89. The molecule has 0 unspecified atom stereocenters. The number of ether oxygens (including phenoxy) is 1. The van der Waals surface area contributed by atoms with Gasteiger partial charge in [-0.05, 0) is 37.6 Å². The Morgan fingerprint density at radius 2 is 2.00 bits per heavy atom. The third kappa shape index (κ3) is 3.15. The zero-order chi connectivity index (χ0) is 18.0. The van der Waals surface area contributed by atoms with Crippen LogP contribution in [0.2, 0.25) is 0 Å². The molecule has 5 nitrogen and oxygen atoms in total. The van der Waals surface area contributed by atoms with E-state index in [9.17, 15) is 9.90 Å². The van der Waals surface area contributed by atoms with E-state index in [4.69, 9.17) is 4.74 Å². The molecule has 25 heavy (non-hydrogen) atoms. The SMILES string of the molecule is CCC1=NN(C(=O)c2cccc(C)c2)[C@](O)(c2ccc(OC)cc2)C1. The van der Waals surface area contributed by atoms with Crippen LogP contribution < -0.4 is 4.74 Å². The molecule has 0 spiro atoms. The fourth-order valence-corrected chi connectivity index (χ4v) is 3.01. The third-order valence-electron chi connectivity index (χ3n) is 4.46. The predicted octanol–water partition coefficient (Wildman–Crippen LogP) is 3.46. The molecule has 0 aliphatic carbocycles. The van der Waals surface area contributed by atoms with E-state index < -0.39 is 5.72 Å². The minimum absolute atomic E-state index is 0.299. The van der Waals surface area contributed by atoms with E-state index in [2.05, 4.69) is 5.10 Å². The third-order valence-corrected chi connectivity index (χ3v) is 4.46. The van der Waals surface area contributed by atoms with Gasteiger partial charge in [0, 0.05) is 23.3 Å². The van der Waals surface area contributed by atoms with Crippen molar-refractivity contribution < 1.29 is 14.6 Å².